The third-order valence-electron chi connectivity index (χ3n) is 2.65. The molecular formula is C13H18N2O9. The molecule has 0 spiro atoms. The lowest BCUT2D eigenvalue weighted by Crippen LogP contribution is -2.23. The van der Waals surface area contributed by atoms with E-state index in [0.717, 1.165) is 6.07 Å². The van der Waals surface area contributed by atoms with Gasteiger partial charge < -0.3 is 24.1 Å². The van der Waals surface area contributed by atoms with Gasteiger partial charge in [-0.2, -0.15) is 0 Å². The van der Waals surface area contributed by atoms with Crippen LogP contribution in [-0.4, -0.2) is 47.9 Å². The maximum Gasteiger partial charge on any atom is 0.350 e. The molecule has 1 aromatic carbocycles. The third-order valence-corrected chi connectivity index (χ3v) is 2.65. The van der Waals surface area contributed by atoms with Gasteiger partial charge in [0.05, 0.1) is 28.6 Å². The highest BCUT2D eigenvalue weighted by Crippen LogP contribution is 2.38. The summed E-state index contributed by atoms with van der Waals surface area (Å²) in [6, 6.07) is 1.45. The van der Waals surface area contributed by atoms with Gasteiger partial charge in [0.25, 0.3) is 6.48 Å². The van der Waals surface area contributed by atoms with Crippen LogP contribution < -0.4 is 4.74 Å². The van der Waals surface area contributed by atoms with Gasteiger partial charge in [-0.3, -0.25) is 20.2 Å². The normalized spacial score (nSPS) is 10.8. The second kappa shape index (κ2) is 9.60. The van der Waals surface area contributed by atoms with E-state index in [1.54, 1.807) is 13.8 Å². The first-order valence-electron chi connectivity index (χ1n) is 7.04. The van der Waals surface area contributed by atoms with Crippen LogP contribution in [-0.2, 0) is 14.2 Å². The molecule has 11 nitrogen and oxygen atoms in total. The topological polar surface area (TPSA) is 143 Å². The van der Waals surface area contributed by atoms with E-state index < -0.39 is 33.4 Å². The van der Waals surface area contributed by atoms with E-state index >= 15 is 0 Å². The average Bonchev–Trinajstić information content (AvgIpc) is 2.52. The summed E-state index contributed by atoms with van der Waals surface area (Å²) in [6.45, 7) is 3.33. The van der Waals surface area contributed by atoms with Gasteiger partial charge in [-0.25, -0.2) is 0 Å². The van der Waals surface area contributed by atoms with Gasteiger partial charge in [-0.1, -0.05) is 0 Å². The van der Waals surface area contributed by atoms with Crippen LogP contribution in [0.25, 0.3) is 0 Å². The van der Waals surface area contributed by atoms with Crippen LogP contribution >= 0.6 is 0 Å². The number of nitro groups is 2. The monoisotopic (exact) mass is 346 g/mol. The van der Waals surface area contributed by atoms with Crippen LogP contribution in [0.4, 0.5) is 11.4 Å². The first-order chi connectivity index (χ1) is 11.4. The summed E-state index contributed by atoms with van der Waals surface area (Å²) in [7, 11) is 0. The second-order valence-electron chi connectivity index (χ2n) is 4.24. The van der Waals surface area contributed by atoms with Gasteiger partial charge in [0, 0.05) is 13.2 Å². The molecule has 0 saturated heterocycles. The molecule has 1 rings (SSSR count). The summed E-state index contributed by atoms with van der Waals surface area (Å²) in [4.78, 5) is 19.7. The fraction of sp³-hybridized carbons (Fsp3) is 0.538. The zero-order chi connectivity index (χ0) is 18.1. The van der Waals surface area contributed by atoms with Gasteiger partial charge in [0.2, 0.25) is 0 Å². The fourth-order valence-electron chi connectivity index (χ4n) is 1.67. The van der Waals surface area contributed by atoms with Crippen LogP contribution in [0.2, 0.25) is 0 Å². The maximum absolute atomic E-state index is 10.9. The Morgan fingerprint density at radius 1 is 1.00 bits per heavy atom. The van der Waals surface area contributed by atoms with E-state index in [9.17, 15) is 25.3 Å². The lowest BCUT2D eigenvalue weighted by Gasteiger charge is -2.17. The molecule has 0 aliphatic rings. The molecule has 1 N–H and O–H groups in total. The Morgan fingerprint density at radius 2 is 1.54 bits per heavy atom. The average molecular weight is 346 g/mol. The van der Waals surface area contributed by atoms with E-state index in [1.807, 2.05) is 0 Å². The predicted octanol–water partition coefficient (Wildman–Crippen LogP) is 1.96. The minimum atomic E-state index is -0.959. The lowest BCUT2D eigenvalue weighted by atomic mass is 10.2. The Labute approximate surface area is 137 Å². The summed E-state index contributed by atoms with van der Waals surface area (Å²) >= 11 is 0. The number of phenolic OH excluding ortho intramolecular Hbond substituents is 1. The van der Waals surface area contributed by atoms with E-state index in [-0.39, 0.29) is 19.0 Å². The van der Waals surface area contributed by atoms with Gasteiger partial charge in [0.1, 0.15) is 6.61 Å². The number of ether oxygens (including phenoxy) is 4. The van der Waals surface area contributed by atoms with Crippen molar-refractivity contribution in [2.24, 2.45) is 0 Å². The lowest BCUT2D eigenvalue weighted by molar-refractivity contribution is -0.422. The zero-order valence-electron chi connectivity index (χ0n) is 13.2. The number of nitrogens with zero attached hydrogens (tertiary/aromatic N) is 2. The van der Waals surface area contributed by atoms with Gasteiger partial charge in [0.15, 0.2) is 11.5 Å². The largest absolute Gasteiger partial charge is 0.504 e. The van der Waals surface area contributed by atoms with Crippen LogP contribution in [0, 0.1) is 20.2 Å². The molecule has 0 aromatic heterocycles. The Hall–Kier alpha value is -2.50. The molecule has 0 atom stereocenters. The zero-order valence-corrected chi connectivity index (χ0v) is 13.2. The van der Waals surface area contributed by atoms with Crippen molar-refractivity contribution in [3.05, 3.63) is 32.4 Å². The first kappa shape index (κ1) is 19.5. The Kier molecular flexibility index (Phi) is 7.82. The Balaban J connectivity index is 2.69. The van der Waals surface area contributed by atoms with Crippen LogP contribution in [0.15, 0.2) is 12.1 Å². The van der Waals surface area contributed by atoms with E-state index in [1.165, 1.54) is 0 Å². The minimum Gasteiger partial charge on any atom is -0.504 e. The number of rotatable bonds is 11. The van der Waals surface area contributed by atoms with E-state index in [2.05, 4.69) is 0 Å². The summed E-state index contributed by atoms with van der Waals surface area (Å²) in [6.07, 6.45) is 0. The smallest absolute Gasteiger partial charge is 0.350 e. The molecule has 11 heteroatoms. The number of phenols is 1. The highest BCUT2D eigenvalue weighted by Gasteiger charge is 2.27. The minimum absolute atomic E-state index is 0.00882. The van der Waals surface area contributed by atoms with Gasteiger partial charge in [-0.05, 0) is 13.8 Å². The molecular weight excluding hydrogens is 328 g/mol. The SMILES string of the molecule is CCOC(OCC)OCCOc1cc([N+](=O)[O-])c([N+](=O)[O-])cc1O. The second-order valence-corrected chi connectivity index (χ2v) is 4.24. The number of nitro benzene ring substituents is 2. The molecule has 0 bridgehead atoms. The van der Waals surface area contributed by atoms with Crippen molar-refractivity contribution in [2.45, 2.75) is 20.3 Å². The summed E-state index contributed by atoms with van der Waals surface area (Å²) in [5, 5.41) is 31.3. The predicted molar refractivity (Wildman–Crippen MR) is 79.9 cm³/mol. The van der Waals surface area contributed by atoms with Crippen molar-refractivity contribution >= 4 is 11.4 Å². The van der Waals surface area contributed by atoms with Crippen molar-refractivity contribution in [3.8, 4) is 11.5 Å². The van der Waals surface area contributed by atoms with Crippen LogP contribution in [0.3, 0.4) is 0 Å². The molecule has 0 unspecified atom stereocenters. The molecule has 134 valence electrons. The van der Waals surface area contributed by atoms with Crippen LogP contribution in [0.1, 0.15) is 13.8 Å². The van der Waals surface area contributed by atoms with Crippen molar-refractivity contribution < 1.29 is 33.9 Å². The highest BCUT2D eigenvalue weighted by molar-refractivity contribution is 5.61. The van der Waals surface area contributed by atoms with Gasteiger partial charge in [-0.15, -0.1) is 0 Å². The quantitative estimate of drug-likeness (QED) is 0.275. The molecule has 0 heterocycles. The standard InChI is InChI=1S/C13H18N2O9/c1-3-21-13(22-4-2)24-6-5-23-12-8-10(15(19)20)9(14(17)18)7-11(12)16/h7-8,13,16H,3-6H2,1-2H3. The molecule has 24 heavy (non-hydrogen) atoms. The Morgan fingerprint density at radius 3 is 2.04 bits per heavy atom. The summed E-state index contributed by atoms with van der Waals surface area (Å²) in [5.74, 6) is -0.848. The molecule has 0 fully saturated rings. The van der Waals surface area contributed by atoms with Crippen LogP contribution in [0.5, 0.6) is 11.5 Å². The molecule has 0 aliphatic heterocycles. The van der Waals surface area contributed by atoms with Crippen molar-refractivity contribution in [1.29, 1.82) is 0 Å². The van der Waals surface area contributed by atoms with Gasteiger partial charge >= 0.3 is 11.4 Å². The molecule has 0 amide bonds. The molecule has 1 aromatic rings. The number of hydrogen-bond acceptors (Lipinski definition) is 9. The van der Waals surface area contributed by atoms with Crippen molar-refractivity contribution in [3.63, 3.8) is 0 Å². The summed E-state index contributed by atoms with van der Waals surface area (Å²) in [5.41, 5.74) is -1.61. The fourth-order valence-corrected chi connectivity index (χ4v) is 1.67. The third kappa shape index (κ3) is 5.61. The molecule has 0 radical (unpaired) electrons. The maximum atomic E-state index is 10.9. The Bertz CT molecular complexity index is 573. The van der Waals surface area contributed by atoms with Crippen molar-refractivity contribution in [1.82, 2.24) is 0 Å². The molecule has 0 aliphatic carbocycles. The summed E-state index contributed by atoms with van der Waals surface area (Å²) < 4.78 is 20.7. The van der Waals surface area contributed by atoms with E-state index in [0.29, 0.717) is 19.3 Å². The van der Waals surface area contributed by atoms with Crippen molar-refractivity contribution in [2.75, 3.05) is 26.4 Å². The number of aromatic hydroxyl groups is 1. The van der Waals surface area contributed by atoms with E-state index in [4.69, 9.17) is 18.9 Å². The first-order valence-corrected chi connectivity index (χ1v) is 7.04. The highest BCUT2D eigenvalue weighted by atomic mass is 16.8. The molecule has 0 saturated carbocycles. The number of benzene rings is 1. The number of hydrogen-bond donors (Lipinski definition) is 1.